The highest BCUT2D eigenvalue weighted by Crippen LogP contribution is 1.91. The van der Waals surface area contributed by atoms with E-state index in [0.717, 1.165) is 12.6 Å². The highest BCUT2D eigenvalue weighted by Gasteiger charge is 1.91. The second-order valence-electron chi connectivity index (χ2n) is 1.43. The third-order valence-corrected chi connectivity index (χ3v) is 1.11. The molecule has 0 saturated carbocycles. The number of rotatable bonds is 3. The Hall–Kier alpha value is 0.100. The lowest BCUT2D eigenvalue weighted by molar-refractivity contribution is -0.118. The molecular weight excluding hydrogens is 107 g/mol. The maximum atomic E-state index is 10.4. The second-order valence-corrected chi connectivity index (χ2v) is 2.01. The molecule has 2 heteroatoms. The Bertz CT molecular complexity index is 61.1. The molecule has 0 N–H and O–H groups in total. The van der Waals surface area contributed by atoms with Crippen LogP contribution in [0.3, 0.4) is 0 Å². The van der Waals surface area contributed by atoms with Gasteiger partial charge in [-0.2, -0.15) is 0 Å². The highest BCUT2D eigenvalue weighted by atomic mass is 31.0. The van der Waals surface area contributed by atoms with Gasteiger partial charge in [-0.1, -0.05) is 6.92 Å². The third kappa shape index (κ3) is 3.94. The van der Waals surface area contributed by atoms with E-state index in [1.165, 1.54) is 0 Å². The van der Waals surface area contributed by atoms with Gasteiger partial charge in [0.15, 0.2) is 0 Å². The minimum atomic E-state index is 0.356. The van der Waals surface area contributed by atoms with Crippen molar-refractivity contribution in [1.82, 2.24) is 0 Å². The van der Waals surface area contributed by atoms with E-state index in [4.69, 9.17) is 0 Å². The summed E-state index contributed by atoms with van der Waals surface area (Å²) in [5.41, 5.74) is 0. The summed E-state index contributed by atoms with van der Waals surface area (Å²) in [6.07, 6.45) is 2.32. The zero-order valence-corrected chi connectivity index (χ0v) is 5.76. The van der Waals surface area contributed by atoms with E-state index in [2.05, 4.69) is 9.24 Å². The SMILES string of the molecule is CCC(=O)CCP. The number of hydrogen-bond acceptors (Lipinski definition) is 1. The summed E-state index contributed by atoms with van der Waals surface area (Å²) in [5, 5.41) is 0. The van der Waals surface area contributed by atoms with Crippen LogP contribution in [-0.2, 0) is 4.79 Å². The van der Waals surface area contributed by atoms with E-state index in [1.807, 2.05) is 6.92 Å². The van der Waals surface area contributed by atoms with Crippen molar-refractivity contribution >= 4 is 15.0 Å². The number of Topliss-reactive ketones (excluding diaryl/α,β-unsaturated/α-hetero) is 1. The number of hydrogen-bond donors (Lipinski definition) is 0. The van der Waals surface area contributed by atoms with Gasteiger partial charge in [-0.15, -0.1) is 9.24 Å². The number of carbonyl (C=O) groups is 1. The average molecular weight is 118 g/mol. The van der Waals surface area contributed by atoms with Crippen LogP contribution in [-0.4, -0.2) is 11.9 Å². The molecule has 0 heterocycles. The van der Waals surface area contributed by atoms with Crippen molar-refractivity contribution in [2.45, 2.75) is 19.8 Å². The van der Waals surface area contributed by atoms with E-state index in [9.17, 15) is 4.79 Å². The van der Waals surface area contributed by atoms with Gasteiger partial charge in [0.2, 0.25) is 0 Å². The Morgan fingerprint density at radius 2 is 2.29 bits per heavy atom. The molecule has 1 nitrogen and oxygen atoms in total. The quantitative estimate of drug-likeness (QED) is 0.509. The number of carbonyl (C=O) groups excluding carboxylic acids is 1. The highest BCUT2D eigenvalue weighted by molar-refractivity contribution is 7.16. The summed E-state index contributed by atoms with van der Waals surface area (Å²) in [4.78, 5) is 10.4. The molecular formula is C5H11OP. The molecule has 0 aliphatic heterocycles. The molecule has 0 amide bonds. The van der Waals surface area contributed by atoms with Crippen molar-refractivity contribution in [3.8, 4) is 0 Å². The third-order valence-electron chi connectivity index (χ3n) is 0.818. The Morgan fingerprint density at radius 3 is 2.43 bits per heavy atom. The van der Waals surface area contributed by atoms with Crippen LogP contribution in [0.5, 0.6) is 0 Å². The zero-order chi connectivity index (χ0) is 5.70. The molecule has 0 aromatic heterocycles. The van der Waals surface area contributed by atoms with Crippen LogP contribution in [0.25, 0.3) is 0 Å². The van der Waals surface area contributed by atoms with Crippen LogP contribution < -0.4 is 0 Å². The summed E-state index contributed by atoms with van der Waals surface area (Å²) in [5.74, 6) is 0.356. The molecule has 0 aliphatic carbocycles. The summed E-state index contributed by atoms with van der Waals surface area (Å²) in [7, 11) is 2.53. The minimum absolute atomic E-state index is 0.356. The smallest absolute Gasteiger partial charge is 0.132 e. The summed E-state index contributed by atoms with van der Waals surface area (Å²) in [6, 6.07) is 0. The van der Waals surface area contributed by atoms with Gasteiger partial charge >= 0.3 is 0 Å². The molecule has 0 saturated heterocycles. The molecule has 0 spiro atoms. The zero-order valence-electron chi connectivity index (χ0n) is 4.61. The van der Waals surface area contributed by atoms with E-state index in [-0.39, 0.29) is 0 Å². The van der Waals surface area contributed by atoms with Gasteiger partial charge in [-0.3, -0.25) is 4.79 Å². The lowest BCUT2D eigenvalue weighted by atomic mass is 10.2. The molecule has 0 bridgehead atoms. The first kappa shape index (κ1) is 7.10. The van der Waals surface area contributed by atoms with Gasteiger partial charge in [-0.05, 0) is 6.16 Å². The first-order chi connectivity index (χ1) is 3.31. The van der Waals surface area contributed by atoms with Gasteiger partial charge in [-0.25, -0.2) is 0 Å². The fourth-order valence-electron chi connectivity index (χ4n) is 0.338. The average Bonchev–Trinajstić information content (AvgIpc) is 1.68. The molecule has 0 fully saturated rings. The predicted molar refractivity (Wildman–Crippen MR) is 34.5 cm³/mol. The fourth-order valence-corrected chi connectivity index (χ4v) is 0.660. The molecule has 1 atom stereocenters. The van der Waals surface area contributed by atoms with Gasteiger partial charge in [0.05, 0.1) is 0 Å². The van der Waals surface area contributed by atoms with E-state index in [1.54, 1.807) is 0 Å². The van der Waals surface area contributed by atoms with Crippen molar-refractivity contribution in [2.24, 2.45) is 0 Å². The largest absolute Gasteiger partial charge is 0.300 e. The van der Waals surface area contributed by atoms with Crippen LogP contribution >= 0.6 is 9.24 Å². The van der Waals surface area contributed by atoms with Gasteiger partial charge in [0, 0.05) is 12.8 Å². The van der Waals surface area contributed by atoms with Crippen LogP contribution in [0.15, 0.2) is 0 Å². The number of ketones is 1. The normalized spacial score (nSPS) is 8.86. The lowest BCUT2D eigenvalue weighted by Gasteiger charge is -1.87. The molecule has 0 aliphatic rings. The lowest BCUT2D eigenvalue weighted by Crippen LogP contribution is -1.93. The topological polar surface area (TPSA) is 17.1 Å². The van der Waals surface area contributed by atoms with E-state index in [0.29, 0.717) is 12.2 Å². The van der Waals surface area contributed by atoms with Crippen LogP contribution in [0, 0.1) is 0 Å². The Balaban J connectivity index is 3.00. The molecule has 0 aromatic carbocycles. The van der Waals surface area contributed by atoms with Crippen LogP contribution in [0.4, 0.5) is 0 Å². The molecule has 7 heavy (non-hydrogen) atoms. The minimum Gasteiger partial charge on any atom is -0.300 e. The summed E-state index contributed by atoms with van der Waals surface area (Å²) < 4.78 is 0. The van der Waals surface area contributed by atoms with E-state index < -0.39 is 0 Å². The maximum absolute atomic E-state index is 10.4. The second kappa shape index (κ2) is 4.26. The van der Waals surface area contributed by atoms with Crippen molar-refractivity contribution in [3.63, 3.8) is 0 Å². The van der Waals surface area contributed by atoms with Crippen molar-refractivity contribution in [1.29, 1.82) is 0 Å². The summed E-state index contributed by atoms with van der Waals surface area (Å²) >= 11 is 0. The first-order valence-corrected chi connectivity index (χ1v) is 3.34. The fraction of sp³-hybridized carbons (Fsp3) is 0.800. The van der Waals surface area contributed by atoms with Gasteiger partial charge in [0.25, 0.3) is 0 Å². The Kier molecular flexibility index (Phi) is 4.32. The predicted octanol–water partition coefficient (Wildman–Crippen LogP) is 1.23. The van der Waals surface area contributed by atoms with Crippen LogP contribution in [0.1, 0.15) is 19.8 Å². The standard InChI is InChI=1S/C5H11OP/c1-2-5(6)3-4-7/h2-4,7H2,1H3. The maximum Gasteiger partial charge on any atom is 0.132 e. The summed E-state index contributed by atoms with van der Waals surface area (Å²) in [6.45, 7) is 1.89. The van der Waals surface area contributed by atoms with Crippen molar-refractivity contribution in [3.05, 3.63) is 0 Å². The molecule has 0 rings (SSSR count). The van der Waals surface area contributed by atoms with Crippen molar-refractivity contribution < 1.29 is 4.79 Å². The molecule has 42 valence electrons. The first-order valence-electron chi connectivity index (χ1n) is 2.53. The Labute approximate surface area is 46.7 Å². The molecule has 0 aromatic rings. The molecule has 1 unspecified atom stereocenters. The van der Waals surface area contributed by atoms with Crippen molar-refractivity contribution in [2.75, 3.05) is 6.16 Å². The van der Waals surface area contributed by atoms with Gasteiger partial charge < -0.3 is 0 Å². The molecule has 0 radical (unpaired) electrons. The van der Waals surface area contributed by atoms with Gasteiger partial charge in [0.1, 0.15) is 5.78 Å². The van der Waals surface area contributed by atoms with Crippen LogP contribution in [0.2, 0.25) is 0 Å². The Morgan fingerprint density at radius 1 is 1.71 bits per heavy atom. The van der Waals surface area contributed by atoms with E-state index >= 15 is 0 Å². The monoisotopic (exact) mass is 118 g/mol.